The number of carbonyl (C=O) groups is 1. The maximum absolute atomic E-state index is 13.4. The number of ether oxygens (including phenoxy) is 1. The summed E-state index contributed by atoms with van der Waals surface area (Å²) in [7, 11) is 1.26. The van der Waals surface area contributed by atoms with Crippen LogP contribution >= 0.6 is 0 Å². The van der Waals surface area contributed by atoms with Crippen LogP contribution in [0, 0.1) is 12.7 Å². The maximum atomic E-state index is 13.4. The van der Waals surface area contributed by atoms with Crippen molar-refractivity contribution < 1.29 is 13.9 Å². The van der Waals surface area contributed by atoms with Crippen molar-refractivity contribution in [3.05, 3.63) is 35.1 Å². The highest BCUT2D eigenvalue weighted by Gasteiger charge is 2.16. The Morgan fingerprint density at radius 3 is 2.80 bits per heavy atom. The molecule has 3 nitrogen and oxygen atoms in total. The highest BCUT2D eigenvalue weighted by molar-refractivity contribution is 5.75. The summed E-state index contributed by atoms with van der Waals surface area (Å²) in [6, 6.07) is 4.02. The zero-order chi connectivity index (χ0) is 11.4. The van der Waals surface area contributed by atoms with Gasteiger partial charge < -0.3 is 10.5 Å². The van der Waals surface area contributed by atoms with E-state index in [0.717, 1.165) is 5.56 Å². The maximum Gasteiger partial charge on any atom is 0.322 e. The number of esters is 1. The SMILES string of the molecule is COC(=O)[C@H](N)Cc1ccc(C)cc1F. The molecule has 0 amide bonds. The van der Waals surface area contributed by atoms with Gasteiger partial charge in [-0.05, 0) is 24.1 Å². The Hall–Kier alpha value is -1.42. The van der Waals surface area contributed by atoms with Crippen LogP contribution in [0.25, 0.3) is 0 Å². The number of aryl methyl sites for hydroxylation is 1. The molecule has 1 aromatic rings. The van der Waals surface area contributed by atoms with Crippen LogP contribution in [0.1, 0.15) is 11.1 Å². The number of halogens is 1. The molecule has 1 atom stereocenters. The van der Waals surface area contributed by atoms with E-state index in [-0.39, 0.29) is 12.2 Å². The van der Waals surface area contributed by atoms with Gasteiger partial charge in [0.2, 0.25) is 0 Å². The number of nitrogens with two attached hydrogens (primary N) is 1. The van der Waals surface area contributed by atoms with Gasteiger partial charge in [-0.15, -0.1) is 0 Å². The summed E-state index contributed by atoms with van der Waals surface area (Å²) < 4.78 is 17.8. The smallest absolute Gasteiger partial charge is 0.322 e. The molecule has 0 saturated heterocycles. The molecule has 82 valence electrons. The number of methoxy groups -OCH3 is 1. The number of hydrogen-bond acceptors (Lipinski definition) is 3. The predicted octanol–water partition coefficient (Wildman–Crippen LogP) is 1.18. The molecule has 0 radical (unpaired) electrons. The quantitative estimate of drug-likeness (QED) is 0.764. The molecular weight excluding hydrogens is 197 g/mol. The van der Waals surface area contributed by atoms with Crippen molar-refractivity contribution >= 4 is 5.97 Å². The zero-order valence-electron chi connectivity index (χ0n) is 8.79. The van der Waals surface area contributed by atoms with Crippen molar-refractivity contribution in [3.8, 4) is 0 Å². The van der Waals surface area contributed by atoms with E-state index < -0.39 is 12.0 Å². The fraction of sp³-hybridized carbons (Fsp3) is 0.364. The molecule has 15 heavy (non-hydrogen) atoms. The Morgan fingerprint density at radius 2 is 2.27 bits per heavy atom. The van der Waals surface area contributed by atoms with Crippen molar-refractivity contribution in [2.24, 2.45) is 5.73 Å². The van der Waals surface area contributed by atoms with Gasteiger partial charge in [0.05, 0.1) is 7.11 Å². The molecule has 0 fully saturated rings. The average molecular weight is 211 g/mol. The summed E-state index contributed by atoms with van der Waals surface area (Å²) in [6.07, 6.45) is 0.152. The van der Waals surface area contributed by atoms with Crippen LogP contribution in [0.4, 0.5) is 4.39 Å². The van der Waals surface area contributed by atoms with Gasteiger partial charge in [0.1, 0.15) is 11.9 Å². The largest absolute Gasteiger partial charge is 0.468 e. The predicted molar refractivity (Wildman–Crippen MR) is 54.8 cm³/mol. The summed E-state index contributed by atoms with van der Waals surface area (Å²) in [4.78, 5) is 11.0. The van der Waals surface area contributed by atoms with Crippen molar-refractivity contribution in [1.29, 1.82) is 0 Å². The summed E-state index contributed by atoms with van der Waals surface area (Å²) in [5, 5.41) is 0. The van der Waals surface area contributed by atoms with Gasteiger partial charge in [-0.2, -0.15) is 0 Å². The minimum absolute atomic E-state index is 0.152. The summed E-state index contributed by atoms with van der Waals surface area (Å²) in [5.41, 5.74) is 6.79. The lowest BCUT2D eigenvalue weighted by atomic mass is 10.0. The molecule has 0 aromatic heterocycles. The fourth-order valence-electron chi connectivity index (χ4n) is 1.29. The van der Waals surface area contributed by atoms with Crippen LogP contribution in [0.15, 0.2) is 18.2 Å². The zero-order valence-corrected chi connectivity index (χ0v) is 8.79. The molecule has 0 heterocycles. The van der Waals surface area contributed by atoms with Crippen LogP contribution in [0.3, 0.4) is 0 Å². The first kappa shape index (κ1) is 11.7. The van der Waals surface area contributed by atoms with Crippen molar-refractivity contribution in [2.75, 3.05) is 7.11 Å². The normalized spacial score (nSPS) is 12.3. The number of benzene rings is 1. The second kappa shape index (κ2) is 4.89. The molecule has 0 bridgehead atoms. The first-order valence-electron chi connectivity index (χ1n) is 4.63. The molecule has 2 N–H and O–H groups in total. The molecule has 0 saturated carbocycles. The van der Waals surface area contributed by atoms with Crippen molar-refractivity contribution in [2.45, 2.75) is 19.4 Å². The molecular formula is C11H14FNO2. The lowest BCUT2D eigenvalue weighted by Crippen LogP contribution is -2.33. The molecule has 1 rings (SSSR count). The fourth-order valence-corrected chi connectivity index (χ4v) is 1.29. The van der Waals surface area contributed by atoms with Crippen LogP contribution in [-0.4, -0.2) is 19.1 Å². The van der Waals surface area contributed by atoms with Crippen LogP contribution in [0.2, 0.25) is 0 Å². The first-order chi connectivity index (χ1) is 7.04. The van der Waals surface area contributed by atoms with Gasteiger partial charge >= 0.3 is 5.97 Å². The third kappa shape index (κ3) is 3.02. The molecule has 0 unspecified atom stereocenters. The molecule has 0 aliphatic rings. The lowest BCUT2D eigenvalue weighted by Gasteiger charge is -2.10. The van der Waals surface area contributed by atoms with Crippen LogP contribution in [0.5, 0.6) is 0 Å². The Bertz CT molecular complexity index is 366. The summed E-state index contributed by atoms with van der Waals surface area (Å²) in [6.45, 7) is 1.80. The van der Waals surface area contributed by atoms with Gasteiger partial charge in [-0.1, -0.05) is 12.1 Å². The number of hydrogen-bond donors (Lipinski definition) is 1. The Labute approximate surface area is 88.0 Å². The second-order valence-electron chi connectivity index (χ2n) is 3.43. The third-order valence-corrected chi connectivity index (χ3v) is 2.15. The van der Waals surface area contributed by atoms with E-state index in [1.165, 1.54) is 13.2 Å². The van der Waals surface area contributed by atoms with E-state index in [4.69, 9.17) is 5.73 Å². The Kier molecular flexibility index (Phi) is 3.80. The minimum atomic E-state index is -0.813. The monoisotopic (exact) mass is 211 g/mol. The Balaban J connectivity index is 2.76. The van der Waals surface area contributed by atoms with Crippen molar-refractivity contribution in [1.82, 2.24) is 0 Å². The molecule has 1 aromatic carbocycles. The topological polar surface area (TPSA) is 52.3 Å². The lowest BCUT2D eigenvalue weighted by molar-refractivity contribution is -0.142. The van der Waals surface area contributed by atoms with Crippen molar-refractivity contribution in [3.63, 3.8) is 0 Å². The van der Waals surface area contributed by atoms with E-state index in [2.05, 4.69) is 4.74 Å². The second-order valence-corrected chi connectivity index (χ2v) is 3.43. The van der Waals surface area contributed by atoms with Gasteiger partial charge in [-0.3, -0.25) is 4.79 Å². The number of carbonyl (C=O) groups excluding carboxylic acids is 1. The number of rotatable bonds is 3. The Morgan fingerprint density at radius 1 is 1.60 bits per heavy atom. The van der Waals surface area contributed by atoms with E-state index in [1.807, 2.05) is 0 Å². The molecule has 0 aliphatic heterocycles. The van der Waals surface area contributed by atoms with E-state index in [9.17, 15) is 9.18 Å². The van der Waals surface area contributed by atoms with Gasteiger partial charge in [0.15, 0.2) is 0 Å². The standard InChI is InChI=1S/C11H14FNO2/c1-7-3-4-8(9(12)5-7)6-10(13)11(14)15-2/h3-5,10H,6,13H2,1-2H3/t10-/m1/s1. The first-order valence-corrected chi connectivity index (χ1v) is 4.63. The van der Waals surface area contributed by atoms with E-state index in [0.29, 0.717) is 5.56 Å². The minimum Gasteiger partial charge on any atom is -0.468 e. The van der Waals surface area contributed by atoms with E-state index >= 15 is 0 Å². The summed E-state index contributed by atoms with van der Waals surface area (Å²) >= 11 is 0. The highest BCUT2D eigenvalue weighted by atomic mass is 19.1. The van der Waals surface area contributed by atoms with Gasteiger partial charge in [0, 0.05) is 6.42 Å². The summed E-state index contributed by atoms with van der Waals surface area (Å²) in [5.74, 6) is -0.871. The highest BCUT2D eigenvalue weighted by Crippen LogP contribution is 2.11. The van der Waals surface area contributed by atoms with Gasteiger partial charge in [0.25, 0.3) is 0 Å². The molecule has 0 spiro atoms. The molecule has 4 heteroatoms. The molecule has 0 aliphatic carbocycles. The average Bonchev–Trinajstić information content (AvgIpc) is 2.20. The van der Waals surface area contributed by atoms with E-state index in [1.54, 1.807) is 19.1 Å². The van der Waals surface area contributed by atoms with Crippen LogP contribution in [-0.2, 0) is 16.0 Å². The third-order valence-electron chi connectivity index (χ3n) is 2.15. The van der Waals surface area contributed by atoms with Crippen LogP contribution < -0.4 is 5.73 Å². The van der Waals surface area contributed by atoms with Gasteiger partial charge in [-0.25, -0.2) is 4.39 Å².